The van der Waals surface area contributed by atoms with Gasteiger partial charge < -0.3 is 15.3 Å². The van der Waals surface area contributed by atoms with E-state index >= 15 is 0 Å². The molecule has 3 N–H and O–H groups in total. The van der Waals surface area contributed by atoms with Crippen LogP contribution in [0.15, 0.2) is 11.5 Å². The molecule has 4 heteroatoms. The van der Waals surface area contributed by atoms with Crippen molar-refractivity contribution in [2.75, 3.05) is 6.61 Å². The molecule has 0 aliphatic heterocycles. The van der Waals surface area contributed by atoms with E-state index in [1.54, 1.807) is 6.92 Å². The molecule has 2 atom stereocenters. The summed E-state index contributed by atoms with van der Waals surface area (Å²) in [6.07, 6.45) is 0.0966. The van der Waals surface area contributed by atoms with Crippen molar-refractivity contribution in [2.45, 2.75) is 13.3 Å². The lowest BCUT2D eigenvalue weighted by molar-refractivity contribution is -0.117. The van der Waals surface area contributed by atoms with E-state index in [-0.39, 0.29) is 24.7 Å². The highest BCUT2D eigenvalue weighted by Gasteiger charge is 2.35. The van der Waals surface area contributed by atoms with Gasteiger partial charge in [-0.25, -0.2) is 0 Å². The summed E-state index contributed by atoms with van der Waals surface area (Å²) in [5, 5.41) is 27.0. The highest BCUT2D eigenvalue weighted by atomic mass is 16.3. The molecule has 0 saturated carbocycles. The number of hydrogen-bond donors (Lipinski definition) is 3. The van der Waals surface area contributed by atoms with Crippen LogP contribution in [0.2, 0.25) is 0 Å². The number of ketones is 1. The zero-order chi connectivity index (χ0) is 9.30. The third-order valence-electron chi connectivity index (χ3n) is 2.24. The molecule has 0 amide bonds. The molecule has 0 heterocycles. The highest BCUT2D eigenvalue weighted by molar-refractivity contribution is 5.96. The standard InChI is InChI=1S/C8H12O4/c1-4(3-9)5-2-6(10)8(12)7(5)11/h4-5,9,11-12H,2-3H2,1H3. The third-order valence-corrected chi connectivity index (χ3v) is 2.24. The predicted octanol–water partition coefficient (Wildman–Crippen LogP) is 0.531. The lowest BCUT2D eigenvalue weighted by atomic mass is 9.93. The molecule has 0 aromatic rings. The number of hydrogen-bond acceptors (Lipinski definition) is 4. The Morgan fingerprint density at radius 3 is 2.50 bits per heavy atom. The van der Waals surface area contributed by atoms with E-state index in [1.165, 1.54) is 0 Å². The number of aliphatic hydroxyl groups is 3. The van der Waals surface area contributed by atoms with Crippen LogP contribution in [0.5, 0.6) is 0 Å². The first-order valence-electron chi connectivity index (χ1n) is 3.84. The van der Waals surface area contributed by atoms with E-state index in [9.17, 15) is 9.90 Å². The molecule has 1 rings (SSSR count). The summed E-state index contributed by atoms with van der Waals surface area (Å²) in [7, 11) is 0. The van der Waals surface area contributed by atoms with Gasteiger partial charge in [-0.15, -0.1) is 0 Å². The first kappa shape index (κ1) is 9.06. The number of carbonyl (C=O) groups excluding carboxylic acids is 1. The van der Waals surface area contributed by atoms with Gasteiger partial charge in [-0.3, -0.25) is 4.79 Å². The van der Waals surface area contributed by atoms with Crippen LogP contribution in [-0.2, 0) is 4.79 Å². The third kappa shape index (κ3) is 1.30. The Kier molecular flexibility index (Phi) is 2.38. The van der Waals surface area contributed by atoms with Gasteiger partial charge in [0, 0.05) is 18.9 Å². The lowest BCUT2D eigenvalue weighted by Crippen LogP contribution is -2.15. The Bertz CT molecular complexity index is 231. The Hall–Kier alpha value is -1.03. The van der Waals surface area contributed by atoms with E-state index in [1.807, 2.05) is 0 Å². The SMILES string of the molecule is CC(CO)C1CC(=O)C(O)=C1O. The normalized spacial score (nSPS) is 26.5. The molecule has 0 aromatic carbocycles. The van der Waals surface area contributed by atoms with Crippen LogP contribution in [-0.4, -0.2) is 27.7 Å². The van der Waals surface area contributed by atoms with Crippen LogP contribution in [0, 0.1) is 11.8 Å². The van der Waals surface area contributed by atoms with E-state index < -0.39 is 17.5 Å². The van der Waals surface area contributed by atoms with Crippen molar-refractivity contribution in [2.24, 2.45) is 11.8 Å². The number of aliphatic hydroxyl groups excluding tert-OH is 3. The lowest BCUT2D eigenvalue weighted by Gasteiger charge is -2.14. The number of Topliss-reactive ketones (excluding diaryl/α,β-unsaturated/α-hetero) is 1. The summed E-state index contributed by atoms with van der Waals surface area (Å²) in [6.45, 7) is 1.61. The molecular formula is C8H12O4. The molecule has 0 spiro atoms. The minimum absolute atomic E-state index is 0.0966. The monoisotopic (exact) mass is 172 g/mol. The molecule has 0 fully saturated rings. The molecular weight excluding hydrogens is 160 g/mol. The maximum absolute atomic E-state index is 10.9. The molecule has 0 radical (unpaired) electrons. The maximum atomic E-state index is 10.9. The molecule has 1 aliphatic rings. The minimum Gasteiger partial charge on any atom is -0.508 e. The largest absolute Gasteiger partial charge is 0.508 e. The topological polar surface area (TPSA) is 77.8 Å². The smallest absolute Gasteiger partial charge is 0.201 e. The van der Waals surface area contributed by atoms with Crippen molar-refractivity contribution in [1.82, 2.24) is 0 Å². The van der Waals surface area contributed by atoms with Gasteiger partial charge >= 0.3 is 0 Å². The first-order chi connectivity index (χ1) is 5.57. The van der Waals surface area contributed by atoms with Crippen molar-refractivity contribution < 1.29 is 20.1 Å². The Morgan fingerprint density at radius 2 is 2.17 bits per heavy atom. The highest BCUT2D eigenvalue weighted by Crippen LogP contribution is 2.31. The van der Waals surface area contributed by atoms with E-state index in [2.05, 4.69) is 0 Å². The predicted molar refractivity (Wildman–Crippen MR) is 41.6 cm³/mol. The number of carbonyl (C=O) groups is 1. The van der Waals surface area contributed by atoms with Gasteiger partial charge in [-0.2, -0.15) is 0 Å². The quantitative estimate of drug-likeness (QED) is 0.567. The molecule has 2 unspecified atom stereocenters. The van der Waals surface area contributed by atoms with Gasteiger partial charge in [0.2, 0.25) is 5.78 Å². The van der Waals surface area contributed by atoms with Crippen molar-refractivity contribution in [3.8, 4) is 0 Å². The van der Waals surface area contributed by atoms with Gasteiger partial charge in [0.1, 0.15) is 5.76 Å². The fraction of sp³-hybridized carbons (Fsp3) is 0.625. The van der Waals surface area contributed by atoms with Crippen LogP contribution in [0.25, 0.3) is 0 Å². The van der Waals surface area contributed by atoms with Gasteiger partial charge in [-0.05, 0) is 5.92 Å². The fourth-order valence-corrected chi connectivity index (χ4v) is 1.31. The van der Waals surface area contributed by atoms with Gasteiger partial charge in [-0.1, -0.05) is 6.92 Å². The summed E-state index contributed by atoms with van der Waals surface area (Å²) >= 11 is 0. The molecule has 4 nitrogen and oxygen atoms in total. The summed E-state index contributed by atoms with van der Waals surface area (Å²) < 4.78 is 0. The van der Waals surface area contributed by atoms with Crippen LogP contribution in [0.1, 0.15) is 13.3 Å². The Balaban J connectivity index is 2.80. The van der Waals surface area contributed by atoms with E-state index in [4.69, 9.17) is 10.2 Å². The second kappa shape index (κ2) is 3.15. The first-order valence-corrected chi connectivity index (χ1v) is 3.84. The van der Waals surface area contributed by atoms with Crippen molar-refractivity contribution in [3.05, 3.63) is 11.5 Å². The molecule has 68 valence electrons. The summed E-state index contributed by atoms with van der Waals surface area (Å²) in [6, 6.07) is 0. The molecule has 12 heavy (non-hydrogen) atoms. The zero-order valence-electron chi connectivity index (χ0n) is 6.82. The number of rotatable bonds is 2. The van der Waals surface area contributed by atoms with Gasteiger partial charge in [0.05, 0.1) is 0 Å². The average Bonchev–Trinajstić information content (AvgIpc) is 2.32. The van der Waals surface area contributed by atoms with Crippen molar-refractivity contribution in [1.29, 1.82) is 0 Å². The molecule has 0 saturated heterocycles. The van der Waals surface area contributed by atoms with Crippen LogP contribution in [0.4, 0.5) is 0 Å². The molecule has 0 bridgehead atoms. The zero-order valence-corrected chi connectivity index (χ0v) is 6.82. The minimum atomic E-state index is -0.541. The second-order valence-electron chi connectivity index (χ2n) is 3.13. The average molecular weight is 172 g/mol. The summed E-state index contributed by atoms with van der Waals surface area (Å²) in [4.78, 5) is 10.9. The maximum Gasteiger partial charge on any atom is 0.201 e. The van der Waals surface area contributed by atoms with E-state index in [0.717, 1.165) is 0 Å². The Morgan fingerprint density at radius 1 is 1.58 bits per heavy atom. The van der Waals surface area contributed by atoms with E-state index in [0.29, 0.717) is 0 Å². The van der Waals surface area contributed by atoms with Crippen molar-refractivity contribution >= 4 is 5.78 Å². The van der Waals surface area contributed by atoms with Gasteiger partial charge in [0.15, 0.2) is 5.76 Å². The summed E-state index contributed by atoms with van der Waals surface area (Å²) in [5.74, 6) is -1.87. The molecule has 1 aliphatic carbocycles. The van der Waals surface area contributed by atoms with Gasteiger partial charge in [0.25, 0.3) is 0 Å². The van der Waals surface area contributed by atoms with Crippen molar-refractivity contribution in [3.63, 3.8) is 0 Å². The fourth-order valence-electron chi connectivity index (χ4n) is 1.31. The summed E-state index contributed by atoms with van der Waals surface area (Å²) in [5.41, 5.74) is 0. The molecule has 0 aromatic heterocycles. The second-order valence-corrected chi connectivity index (χ2v) is 3.13. The van der Waals surface area contributed by atoms with Crippen LogP contribution >= 0.6 is 0 Å². The van der Waals surface area contributed by atoms with Crippen LogP contribution in [0.3, 0.4) is 0 Å². The Labute approximate surface area is 70.1 Å². The number of allylic oxidation sites excluding steroid dienone is 2. The van der Waals surface area contributed by atoms with Crippen LogP contribution < -0.4 is 0 Å².